The van der Waals surface area contributed by atoms with Gasteiger partial charge in [-0.25, -0.2) is 0 Å². The number of aromatic nitrogens is 3. The van der Waals surface area contributed by atoms with E-state index >= 15 is 0 Å². The number of benzene rings is 7. The van der Waals surface area contributed by atoms with Crippen molar-refractivity contribution in [3.05, 3.63) is 162 Å². The molecular weight excluding hydrogens is 625 g/mol. The third-order valence-electron chi connectivity index (χ3n) is 10.1. The molecule has 0 N–H and O–H groups in total. The van der Waals surface area contributed by atoms with Crippen LogP contribution in [0.1, 0.15) is 16.7 Å². The van der Waals surface area contributed by atoms with Gasteiger partial charge >= 0.3 is 0 Å². The van der Waals surface area contributed by atoms with Gasteiger partial charge in [0.15, 0.2) is 0 Å². The molecule has 10 rings (SSSR count). The van der Waals surface area contributed by atoms with Crippen LogP contribution >= 0.6 is 0 Å². The summed E-state index contributed by atoms with van der Waals surface area (Å²) in [4.78, 5) is 0. The van der Waals surface area contributed by atoms with Crippen molar-refractivity contribution in [2.75, 3.05) is 0 Å². The van der Waals surface area contributed by atoms with Gasteiger partial charge in [0.2, 0.25) is 0 Å². The predicted octanol–water partition coefficient (Wildman–Crippen LogP) is 10.6. The molecule has 3 aromatic heterocycles. The SMILES string of the molecule is N#Cc1ccc2c(c1)c1cc(C#N)ccc1n2-c1cccc(-n2c3ccccc3c3ccc4c(c5cc(C#N)ccc5n4-c4ccccc4)c32)c1. The molecule has 7 aromatic carbocycles. The van der Waals surface area contributed by atoms with E-state index in [1.807, 2.05) is 54.6 Å². The number of hydrogen-bond acceptors (Lipinski definition) is 3. The number of hydrogen-bond donors (Lipinski definition) is 0. The fraction of sp³-hybridized carbons (Fsp3) is 0. The molecule has 0 fully saturated rings. The Morgan fingerprint density at radius 3 is 1.47 bits per heavy atom. The first-order chi connectivity index (χ1) is 25.2. The number of para-hydroxylation sites is 2. The minimum atomic E-state index is 0.571. The Morgan fingerprint density at radius 1 is 0.333 bits per heavy atom. The summed E-state index contributed by atoms with van der Waals surface area (Å²) in [6.45, 7) is 0. The summed E-state index contributed by atoms with van der Waals surface area (Å²) < 4.78 is 6.84. The predicted molar refractivity (Wildman–Crippen MR) is 204 cm³/mol. The fourth-order valence-corrected chi connectivity index (χ4v) is 7.96. The van der Waals surface area contributed by atoms with Gasteiger partial charge in [-0.3, -0.25) is 0 Å². The Labute approximate surface area is 291 Å². The lowest BCUT2D eigenvalue weighted by atomic mass is 10.1. The lowest BCUT2D eigenvalue weighted by molar-refractivity contribution is 1.14. The summed E-state index contributed by atoms with van der Waals surface area (Å²) in [7, 11) is 0. The molecule has 51 heavy (non-hydrogen) atoms. The average Bonchev–Trinajstić information content (AvgIpc) is 3.82. The standard InChI is InChI=1S/C45H24N6/c46-25-28-13-17-40-36(21-28)37-22-29(26-47)14-18-41(37)50(40)32-9-6-10-33(24-32)51-39-12-5-4-11-34(39)35-16-20-43-44(45(35)51)38-23-30(27-48)15-19-42(38)49(43)31-7-2-1-3-8-31/h1-24H. The molecule has 0 aliphatic rings. The molecule has 0 atom stereocenters. The van der Waals surface area contributed by atoms with Crippen LogP contribution in [-0.2, 0) is 0 Å². The highest BCUT2D eigenvalue weighted by molar-refractivity contribution is 6.26. The molecule has 0 saturated heterocycles. The minimum Gasteiger partial charge on any atom is -0.309 e. The second-order valence-corrected chi connectivity index (χ2v) is 12.8. The Bertz CT molecular complexity index is 3150. The molecule has 0 spiro atoms. The second-order valence-electron chi connectivity index (χ2n) is 12.8. The fourth-order valence-electron chi connectivity index (χ4n) is 7.96. The van der Waals surface area contributed by atoms with E-state index in [2.05, 4.69) is 123 Å². The lowest BCUT2D eigenvalue weighted by Crippen LogP contribution is -1.99. The highest BCUT2D eigenvalue weighted by atomic mass is 15.0. The number of nitrogens with zero attached hydrogens (tertiary/aromatic N) is 6. The third-order valence-corrected chi connectivity index (χ3v) is 10.1. The van der Waals surface area contributed by atoms with Crippen molar-refractivity contribution in [3.63, 3.8) is 0 Å². The van der Waals surface area contributed by atoms with Crippen LogP contribution in [-0.4, -0.2) is 13.7 Å². The summed E-state index contributed by atoms with van der Waals surface area (Å²) in [6.07, 6.45) is 0. The van der Waals surface area contributed by atoms with E-state index < -0.39 is 0 Å². The first-order valence-corrected chi connectivity index (χ1v) is 16.6. The maximum Gasteiger partial charge on any atom is 0.0991 e. The number of fused-ring (bicyclic) bond motifs is 10. The Balaban J connectivity index is 1.33. The molecule has 3 heterocycles. The van der Waals surface area contributed by atoms with Crippen molar-refractivity contribution in [1.82, 2.24) is 13.7 Å². The Morgan fingerprint density at radius 2 is 0.824 bits per heavy atom. The topological polar surface area (TPSA) is 86.2 Å². The first kappa shape index (κ1) is 28.4. The number of rotatable bonds is 3. The average molecular weight is 649 g/mol. The van der Waals surface area contributed by atoms with Crippen molar-refractivity contribution in [3.8, 4) is 35.3 Å². The molecule has 10 aromatic rings. The van der Waals surface area contributed by atoms with E-state index in [-0.39, 0.29) is 0 Å². The number of nitriles is 3. The molecule has 0 amide bonds. The highest BCUT2D eigenvalue weighted by Crippen LogP contribution is 2.43. The summed E-state index contributed by atoms with van der Waals surface area (Å²) in [5.41, 5.74) is 10.9. The van der Waals surface area contributed by atoms with Crippen LogP contribution < -0.4 is 0 Å². The van der Waals surface area contributed by atoms with E-state index in [4.69, 9.17) is 0 Å². The van der Waals surface area contributed by atoms with E-state index in [0.717, 1.165) is 82.5 Å². The molecule has 0 radical (unpaired) electrons. The summed E-state index contributed by atoms with van der Waals surface area (Å²) >= 11 is 0. The second kappa shape index (κ2) is 10.7. The highest BCUT2D eigenvalue weighted by Gasteiger charge is 2.22. The van der Waals surface area contributed by atoms with Crippen LogP contribution in [0.4, 0.5) is 0 Å². The normalized spacial score (nSPS) is 11.5. The van der Waals surface area contributed by atoms with Crippen LogP contribution in [0.25, 0.3) is 82.5 Å². The zero-order valence-electron chi connectivity index (χ0n) is 27.0. The Hall–Kier alpha value is -7.59. The van der Waals surface area contributed by atoms with Crippen molar-refractivity contribution in [2.24, 2.45) is 0 Å². The molecule has 234 valence electrons. The van der Waals surface area contributed by atoms with Gasteiger partial charge < -0.3 is 13.7 Å². The summed E-state index contributed by atoms with van der Waals surface area (Å²) in [6, 6.07) is 56.1. The van der Waals surface area contributed by atoms with Gasteiger partial charge in [0, 0.05) is 49.4 Å². The van der Waals surface area contributed by atoms with Gasteiger partial charge in [-0.1, -0.05) is 48.5 Å². The van der Waals surface area contributed by atoms with Gasteiger partial charge in [-0.05, 0) is 97.1 Å². The first-order valence-electron chi connectivity index (χ1n) is 16.6. The van der Waals surface area contributed by atoms with E-state index in [0.29, 0.717) is 16.7 Å². The molecule has 0 aliphatic heterocycles. The molecule has 6 heteroatoms. The summed E-state index contributed by atoms with van der Waals surface area (Å²) in [5, 5.41) is 35.6. The molecular formula is C45H24N6. The smallest absolute Gasteiger partial charge is 0.0991 e. The zero-order chi connectivity index (χ0) is 34.2. The van der Waals surface area contributed by atoms with Crippen molar-refractivity contribution in [2.45, 2.75) is 0 Å². The van der Waals surface area contributed by atoms with Gasteiger partial charge in [0.25, 0.3) is 0 Å². The third kappa shape index (κ3) is 4.01. The van der Waals surface area contributed by atoms with Gasteiger partial charge in [0.1, 0.15) is 0 Å². The maximum atomic E-state index is 9.99. The van der Waals surface area contributed by atoms with Crippen LogP contribution in [0.15, 0.2) is 146 Å². The van der Waals surface area contributed by atoms with Gasteiger partial charge in [-0.15, -0.1) is 0 Å². The van der Waals surface area contributed by atoms with Crippen LogP contribution in [0.5, 0.6) is 0 Å². The van der Waals surface area contributed by atoms with Crippen molar-refractivity contribution in [1.29, 1.82) is 15.8 Å². The maximum absolute atomic E-state index is 9.99. The van der Waals surface area contributed by atoms with Gasteiger partial charge in [0.05, 0.1) is 68.0 Å². The Kier molecular flexibility index (Phi) is 5.97. The minimum absolute atomic E-state index is 0.571. The van der Waals surface area contributed by atoms with E-state index in [1.165, 1.54) is 0 Å². The monoisotopic (exact) mass is 648 g/mol. The van der Waals surface area contributed by atoms with Crippen molar-refractivity contribution >= 4 is 65.4 Å². The largest absolute Gasteiger partial charge is 0.309 e. The molecule has 0 bridgehead atoms. The molecule has 0 saturated carbocycles. The summed E-state index contributed by atoms with van der Waals surface area (Å²) in [5.74, 6) is 0. The quantitative estimate of drug-likeness (QED) is 0.191. The van der Waals surface area contributed by atoms with E-state index in [1.54, 1.807) is 0 Å². The van der Waals surface area contributed by atoms with Gasteiger partial charge in [-0.2, -0.15) is 15.8 Å². The van der Waals surface area contributed by atoms with Crippen LogP contribution in [0.3, 0.4) is 0 Å². The molecule has 0 aliphatic carbocycles. The van der Waals surface area contributed by atoms with Crippen LogP contribution in [0, 0.1) is 34.0 Å². The van der Waals surface area contributed by atoms with Crippen molar-refractivity contribution < 1.29 is 0 Å². The van der Waals surface area contributed by atoms with Crippen LogP contribution in [0.2, 0.25) is 0 Å². The van der Waals surface area contributed by atoms with E-state index in [9.17, 15) is 15.8 Å². The molecule has 0 unspecified atom stereocenters. The molecule has 6 nitrogen and oxygen atoms in total. The zero-order valence-corrected chi connectivity index (χ0v) is 27.0. The lowest BCUT2D eigenvalue weighted by Gasteiger charge is -2.13.